The molecule has 3 amide bonds. The molecule has 2 aromatic rings. The Kier molecular flexibility index (Phi) is 4.43. The number of aromatic nitrogens is 2. The maximum absolute atomic E-state index is 14.2. The fourth-order valence-electron chi connectivity index (χ4n) is 2.75. The van der Waals surface area contributed by atoms with Gasteiger partial charge in [0.15, 0.2) is 0 Å². The van der Waals surface area contributed by atoms with Crippen molar-refractivity contribution in [1.29, 1.82) is 0 Å². The molecule has 8 heteroatoms. The number of hydrogen-bond donors (Lipinski definition) is 2. The molecule has 1 saturated heterocycles. The van der Waals surface area contributed by atoms with Crippen molar-refractivity contribution in [2.24, 2.45) is 7.05 Å². The van der Waals surface area contributed by atoms with Crippen molar-refractivity contribution in [3.8, 4) is 0 Å². The van der Waals surface area contributed by atoms with E-state index in [1.807, 2.05) is 25.5 Å². The largest absolute Gasteiger partial charge is 0.378 e. The molecule has 25 heavy (non-hydrogen) atoms. The van der Waals surface area contributed by atoms with Gasteiger partial charge in [-0.15, -0.1) is 0 Å². The molecule has 1 aliphatic rings. The lowest BCUT2D eigenvalue weighted by Gasteiger charge is -2.27. The number of anilines is 2. The van der Waals surface area contributed by atoms with Crippen molar-refractivity contribution in [3.63, 3.8) is 0 Å². The molecule has 2 heterocycles. The van der Waals surface area contributed by atoms with Gasteiger partial charge in [-0.25, -0.2) is 14.2 Å². The zero-order chi connectivity index (χ0) is 18.1. The van der Waals surface area contributed by atoms with Crippen LogP contribution in [0.5, 0.6) is 0 Å². The Balaban J connectivity index is 1.78. The van der Waals surface area contributed by atoms with Gasteiger partial charge in [0.25, 0.3) is 0 Å². The first-order valence-electron chi connectivity index (χ1n) is 8.00. The molecule has 1 aliphatic heterocycles. The number of carbonyl (C=O) groups is 2. The summed E-state index contributed by atoms with van der Waals surface area (Å²) in [5, 5.41) is 5.39. The molecule has 0 bridgehead atoms. The van der Waals surface area contributed by atoms with Crippen molar-refractivity contribution in [2.75, 3.05) is 16.8 Å². The van der Waals surface area contributed by atoms with Gasteiger partial charge in [0.05, 0.1) is 17.9 Å². The maximum Gasteiger partial charge on any atom is 0.328 e. The molecule has 3 rings (SSSR count). The average molecular weight is 345 g/mol. The predicted molar refractivity (Wildman–Crippen MR) is 91.9 cm³/mol. The van der Waals surface area contributed by atoms with E-state index in [2.05, 4.69) is 15.6 Å². The summed E-state index contributed by atoms with van der Waals surface area (Å²) < 4.78 is 16.2. The first kappa shape index (κ1) is 16.9. The quantitative estimate of drug-likeness (QED) is 0.891. The van der Waals surface area contributed by atoms with E-state index in [-0.39, 0.29) is 24.6 Å². The summed E-state index contributed by atoms with van der Waals surface area (Å²) in [5.74, 6) is -0.00243. The summed E-state index contributed by atoms with van der Waals surface area (Å²) in [6, 6.07) is 3.86. The molecule has 0 saturated carbocycles. The molecule has 0 aliphatic carbocycles. The minimum absolute atomic E-state index is 0.141. The molecule has 2 N–H and O–H groups in total. The SMILES string of the molecule is Cc1nc(CNc2ccc(F)c(N3CCC(=O)NC3=O)c2)n(C)c1C. The number of rotatable bonds is 4. The summed E-state index contributed by atoms with van der Waals surface area (Å²) in [6.45, 7) is 4.58. The number of amides is 3. The first-order valence-corrected chi connectivity index (χ1v) is 8.00. The van der Waals surface area contributed by atoms with E-state index in [0.29, 0.717) is 12.2 Å². The Morgan fingerprint density at radius 3 is 2.72 bits per heavy atom. The van der Waals surface area contributed by atoms with Crippen LogP contribution in [0.3, 0.4) is 0 Å². The first-order chi connectivity index (χ1) is 11.9. The molecule has 0 unspecified atom stereocenters. The third-order valence-electron chi connectivity index (χ3n) is 4.45. The van der Waals surface area contributed by atoms with Gasteiger partial charge < -0.3 is 9.88 Å². The monoisotopic (exact) mass is 345 g/mol. The molecule has 1 aromatic heterocycles. The number of benzene rings is 1. The minimum atomic E-state index is -0.609. The number of carbonyl (C=O) groups excluding carboxylic acids is 2. The van der Waals surface area contributed by atoms with Crippen LogP contribution >= 0.6 is 0 Å². The normalized spacial score (nSPS) is 14.6. The molecular weight excluding hydrogens is 325 g/mol. The number of imide groups is 1. The van der Waals surface area contributed by atoms with Crippen LogP contribution in [-0.2, 0) is 18.4 Å². The van der Waals surface area contributed by atoms with Gasteiger partial charge in [0.2, 0.25) is 5.91 Å². The van der Waals surface area contributed by atoms with Crippen molar-refractivity contribution >= 4 is 23.3 Å². The van der Waals surface area contributed by atoms with Gasteiger partial charge in [-0.3, -0.25) is 15.0 Å². The zero-order valence-corrected chi connectivity index (χ0v) is 14.4. The molecule has 0 atom stereocenters. The van der Waals surface area contributed by atoms with E-state index in [4.69, 9.17) is 0 Å². The Labute approximate surface area is 144 Å². The van der Waals surface area contributed by atoms with Crippen LogP contribution in [0.2, 0.25) is 0 Å². The van der Waals surface area contributed by atoms with Crippen LogP contribution in [0.15, 0.2) is 18.2 Å². The lowest BCUT2D eigenvalue weighted by Crippen LogP contribution is -2.49. The van der Waals surface area contributed by atoms with E-state index in [0.717, 1.165) is 17.2 Å². The summed E-state index contributed by atoms with van der Waals surface area (Å²) in [7, 11) is 1.94. The average Bonchev–Trinajstić information content (AvgIpc) is 2.82. The second-order valence-electron chi connectivity index (χ2n) is 6.03. The van der Waals surface area contributed by atoms with Crippen molar-refractivity contribution in [2.45, 2.75) is 26.8 Å². The Morgan fingerprint density at radius 2 is 2.08 bits per heavy atom. The third kappa shape index (κ3) is 3.33. The molecule has 0 radical (unpaired) electrons. The number of nitrogens with zero attached hydrogens (tertiary/aromatic N) is 3. The van der Waals surface area contributed by atoms with Crippen LogP contribution in [0.4, 0.5) is 20.6 Å². The highest BCUT2D eigenvalue weighted by Gasteiger charge is 2.26. The van der Waals surface area contributed by atoms with Gasteiger partial charge in [0.1, 0.15) is 11.6 Å². The number of hydrogen-bond acceptors (Lipinski definition) is 4. The zero-order valence-electron chi connectivity index (χ0n) is 14.4. The van der Waals surface area contributed by atoms with Crippen LogP contribution < -0.4 is 15.5 Å². The lowest BCUT2D eigenvalue weighted by molar-refractivity contribution is -0.120. The van der Waals surface area contributed by atoms with E-state index >= 15 is 0 Å². The second kappa shape index (κ2) is 6.54. The van der Waals surface area contributed by atoms with Gasteiger partial charge in [0, 0.05) is 31.4 Å². The van der Waals surface area contributed by atoms with Crippen molar-refractivity contribution < 1.29 is 14.0 Å². The van der Waals surface area contributed by atoms with E-state index in [9.17, 15) is 14.0 Å². The second-order valence-corrected chi connectivity index (χ2v) is 6.03. The summed E-state index contributed by atoms with van der Waals surface area (Å²) in [4.78, 5) is 28.9. The van der Waals surface area contributed by atoms with Gasteiger partial charge in [-0.05, 0) is 32.0 Å². The van der Waals surface area contributed by atoms with Crippen molar-refractivity contribution in [3.05, 3.63) is 41.2 Å². The van der Waals surface area contributed by atoms with Gasteiger partial charge in [-0.2, -0.15) is 0 Å². The highest BCUT2D eigenvalue weighted by Crippen LogP contribution is 2.25. The van der Waals surface area contributed by atoms with Crippen LogP contribution in [0, 0.1) is 19.7 Å². The van der Waals surface area contributed by atoms with Crippen LogP contribution in [-0.4, -0.2) is 28.0 Å². The molecule has 0 spiro atoms. The topological polar surface area (TPSA) is 79.3 Å². The Bertz CT molecular complexity index is 846. The summed E-state index contributed by atoms with van der Waals surface area (Å²) in [5.41, 5.74) is 2.86. The molecule has 1 aromatic carbocycles. The van der Waals surface area contributed by atoms with E-state index in [1.54, 1.807) is 12.1 Å². The number of imidazole rings is 1. The maximum atomic E-state index is 14.2. The molecular formula is C17H20FN5O2. The fourth-order valence-corrected chi connectivity index (χ4v) is 2.75. The van der Waals surface area contributed by atoms with Gasteiger partial charge in [-0.1, -0.05) is 0 Å². The minimum Gasteiger partial charge on any atom is -0.378 e. The van der Waals surface area contributed by atoms with E-state index in [1.165, 1.54) is 11.0 Å². The number of aryl methyl sites for hydroxylation is 1. The predicted octanol–water partition coefficient (Wildman–Crippen LogP) is 2.23. The Hall–Kier alpha value is -2.90. The number of halogens is 1. The van der Waals surface area contributed by atoms with Crippen LogP contribution in [0.25, 0.3) is 0 Å². The molecule has 132 valence electrons. The number of nitrogens with one attached hydrogen (secondary N) is 2. The lowest BCUT2D eigenvalue weighted by atomic mass is 10.2. The van der Waals surface area contributed by atoms with E-state index < -0.39 is 11.8 Å². The third-order valence-corrected chi connectivity index (χ3v) is 4.45. The smallest absolute Gasteiger partial charge is 0.328 e. The van der Waals surface area contributed by atoms with Crippen LogP contribution in [0.1, 0.15) is 23.6 Å². The highest BCUT2D eigenvalue weighted by molar-refractivity contribution is 6.05. The Morgan fingerprint density at radius 1 is 1.32 bits per heavy atom. The fraction of sp³-hybridized carbons (Fsp3) is 0.353. The van der Waals surface area contributed by atoms with Crippen molar-refractivity contribution in [1.82, 2.24) is 14.9 Å². The standard InChI is InChI=1S/C17H20FN5O2/c1-10-11(2)22(3)15(20-10)9-19-12-4-5-13(18)14(8-12)23-7-6-16(24)21-17(23)25/h4-5,8,19H,6-7,9H2,1-3H3,(H,21,24,25). The molecule has 1 fully saturated rings. The van der Waals surface area contributed by atoms with Gasteiger partial charge >= 0.3 is 6.03 Å². The highest BCUT2D eigenvalue weighted by atomic mass is 19.1. The summed E-state index contributed by atoms with van der Waals surface area (Å²) >= 11 is 0. The molecule has 7 nitrogen and oxygen atoms in total. The number of urea groups is 1. The summed E-state index contributed by atoms with van der Waals surface area (Å²) in [6.07, 6.45) is 0.147.